The quantitative estimate of drug-likeness (QED) is 0.878. The van der Waals surface area contributed by atoms with Crippen LogP contribution in [-0.4, -0.2) is 36.6 Å². The minimum absolute atomic E-state index is 0.112. The van der Waals surface area contributed by atoms with Crippen molar-refractivity contribution in [2.45, 2.75) is 25.0 Å². The largest absolute Gasteiger partial charge is 0.381 e. The van der Waals surface area contributed by atoms with Gasteiger partial charge < -0.3 is 9.64 Å². The van der Waals surface area contributed by atoms with E-state index in [1.807, 2.05) is 4.90 Å². The van der Waals surface area contributed by atoms with Crippen LogP contribution in [0.3, 0.4) is 0 Å². The Bertz CT molecular complexity index is 457. The first-order valence-electron chi connectivity index (χ1n) is 6.63. The van der Waals surface area contributed by atoms with Crippen LogP contribution in [0, 0.1) is 5.82 Å². The highest BCUT2D eigenvalue weighted by atomic mass is 19.1. The highest BCUT2D eigenvalue weighted by Gasteiger charge is 2.37. The summed E-state index contributed by atoms with van der Waals surface area (Å²) in [6.07, 6.45) is 1.59. The minimum atomic E-state index is -0.259. The van der Waals surface area contributed by atoms with Crippen molar-refractivity contribution in [1.29, 1.82) is 0 Å². The molecule has 1 amide bonds. The smallest absolute Gasteiger partial charge is 0.238 e. The van der Waals surface area contributed by atoms with E-state index in [9.17, 15) is 9.18 Å². The summed E-state index contributed by atoms with van der Waals surface area (Å²) in [5.41, 5.74) is 0.929. The number of hydrogen-bond acceptors (Lipinski definition) is 3. The average Bonchev–Trinajstić information content (AvgIpc) is 2.82. The maximum absolute atomic E-state index is 13.0. The molecule has 1 atom stereocenters. The van der Waals surface area contributed by atoms with Crippen molar-refractivity contribution in [3.05, 3.63) is 35.6 Å². The third-order valence-corrected chi connectivity index (χ3v) is 3.78. The highest BCUT2D eigenvalue weighted by Crippen LogP contribution is 2.28. The number of carbonyl (C=O) groups is 1. The molecule has 5 heteroatoms. The molecule has 0 aliphatic carbocycles. The fourth-order valence-electron chi connectivity index (χ4n) is 2.82. The Morgan fingerprint density at radius 1 is 1.21 bits per heavy atom. The maximum atomic E-state index is 13.0. The second-order valence-electron chi connectivity index (χ2n) is 4.98. The van der Waals surface area contributed by atoms with Crippen LogP contribution in [0.4, 0.5) is 4.39 Å². The van der Waals surface area contributed by atoms with Crippen LogP contribution < -0.4 is 5.32 Å². The zero-order valence-electron chi connectivity index (χ0n) is 10.6. The van der Waals surface area contributed by atoms with Gasteiger partial charge in [0.1, 0.15) is 12.0 Å². The Kier molecular flexibility index (Phi) is 3.48. The highest BCUT2D eigenvalue weighted by molar-refractivity contribution is 5.81. The van der Waals surface area contributed by atoms with Crippen LogP contribution in [0.1, 0.15) is 24.6 Å². The summed E-state index contributed by atoms with van der Waals surface area (Å²) in [4.78, 5) is 14.0. The second kappa shape index (κ2) is 5.27. The summed E-state index contributed by atoms with van der Waals surface area (Å²) >= 11 is 0. The van der Waals surface area contributed by atoms with Gasteiger partial charge in [0, 0.05) is 19.3 Å². The molecule has 0 spiro atoms. The van der Waals surface area contributed by atoms with Crippen molar-refractivity contribution in [3.63, 3.8) is 0 Å². The van der Waals surface area contributed by atoms with E-state index in [2.05, 4.69) is 5.32 Å². The number of halogens is 1. The van der Waals surface area contributed by atoms with E-state index in [0.717, 1.165) is 18.4 Å². The molecule has 1 aromatic carbocycles. The molecule has 0 bridgehead atoms. The molecule has 2 aliphatic heterocycles. The Balaban J connectivity index is 1.83. The lowest BCUT2D eigenvalue weighted by atomic mass is 10.0. The van der Waals surface area contributed by atoms with Crippen LogP contribution >= 0.6 is 0 Å². The SMILES string of the molecule is O=C1CNC(c2ccc(F)cc2)N1C1CCOCC1. The van der Waals surface area contributed by atoms with Gasteiger partial charge in [0.25, 0.3) is 0 Å². The molecule has 2 fully saturated rings. The summed E-state index contributed by atoms with van der Waals surface area (Å²) in [5.74, 6) is -0.146. The van der Waals surface area contributed by atoms with Gasteiger partial charge >= 0.3 is 0 Å². The molecule has 2 saturated heterocycles. The van der Waals surface area contributed by atoms with Gasteiger partial charge in [-0.2, -0.15) is 0 Å². The Labute approximate surface area is 111 Å². The number of rotatable bonds is 2. The Hall–Kier alpha value is -1.46. The average molecular weight is 264 g/mol. The van der Waals surface area contributed by atoms with Crippen LogP contribution in [0.2, 0.25) is 0 Å². The molecular formula is C14H17FN2O2. The Morgan fingerprint density at radius 2 is 1.89 bits per heavy atom. The van der Waals surface area contributed by atoms with Crippen LogP contribution in [-0.2, 0) is 9.53 Å². The maximum Gasteiger partial charge on any atom is 0.238 e. The zero-order chi connectivity index (χ0) is 13.2. The fraction of sp³-hybridized carbons (Fsp3) is 0.500. The Morgan fingerprint density at radius 3 is 2.58 bits per heavy atom. The van der Waals surface area contributed by atoms with Gasteiger partial charge in [-0.25, -0.2) is 4.39 Å². The van der Waals surface area contributed by atoms with Crippen molar-refractivity contribution in [2.24, 2.45) is 0 Å². The monoisotopic (exact) mass is 264 g/mol. The predicted molar refractivity (Wildman–Crippen MR) is 67.8 cm³/mol. The van der Waals surface area contributed by atoms with E-state index in [1.165, 1.54) is 12.1 Å². The van der Waals surface area contributed by atoms with Crippen molar-refractivity contribution in [3.8, 4) is 0 Å². The zero-order valence-corrected chi connectivity index (χ0v) is 10.6. The fourth-order valence-corrected chi connectivity index (χ4v) is 2.82. The molecule has 2 aliphatic rings. The number of nitrogens with one attached hydrogen (secondary N) is 1. The number of ether oxygens (including phenoxy) is 1. The normalized spacial score (nSPS) is 25.0. The van der Waals surface area contributed by atoms with Gasteiger partial charge in [0.15, 0.2) is 0 Å². The molecule has 19 heavy (non-hydrogen) atoms. The van der Waals surface area contributed by atoms with Gasteiger partial charge in [-0.1, -0.05) is 12.1 Å². The van der Waals surface area contributed by atoms with Gasteiger partial charge in [-0.3, -0.25) is 10.1 Å². The summed E-state index contributed by atoms with van der Waals surface area (Å²) in [6, 6.07) is 6.55. The number of benzene rings is 1. The number of nitrogens with zero attached hydrogens (tertiary/aromatic N) is 1. The van der Waals surface area contributed by atoms with E-state index >= 15 is 0 Å². The van der Waals surface area contributed by atoms with Crippen molar-refractivity contribution in [1.82, 2.24) is 10.2 Å². The number of amides is 1. The number of carbonyl (C=O) groups excluding carboxylic acids is 1. The summed E-state index contributed by atoms with van der Waals surface area (Å²) in [6.45, 7) is 1.74. The second-order valence-corrected chi connectivity index (χ2v) is 4.98. The molecule has 1 aromatic rings. The first kappa shape index (κ1) is 12.6. The van der Waals surface area contributed by atoms with E-state index in [1.54, 1.807) is 12.1 Å². The summed E-state index contributed by atoms with van der Waals surface area (Å²) < 4.78 is 18.3. The molecule has 3 rings (SSSR count). The molecule has 2 heterocycles. The first-order chi connectivity index (χ1) is 9.25. The standard InChI is InChI=1S/C14H17FN2O2/c15-11-3-1-10(2-4-11)14-16-9-13(18)17(14)12-5-7-19-8-6-12/h1-4,12,14,16H,5-9H2. The van der Waals surface area contributed by atoms with E-state index in [0.29, 0.717) is 19.8 Å². The molecular weight excluding hydrogens is 247 g/mol. The third kappa shape index (κ3) is 2.48. The molecule has 1 N–H and O–H groups in total. The van der Waals surface area contributed by atoms with Crippen molar-refractivity contribution >= 4 is 5.91 Å². The van der Waals surface area contributed by atoms with Crippen LogP contribution in [0.25, 0.3) is 0 Å². The van der Waals surface area contributed by atoms with E-state index in [4.69, 9.17) is 4.74 Å². The van der Waals surface area contributed by atoms with Gasteiger partial charge in [-0.05, 0) is 30.5 Å². The summed E-state index contributed by atoms with van der Waals surface area (Å²) in [5, 5.41) is 3.20. The molecule has 102 valence electrons. The molecule has 4 nitrogen and oxygen atoms in total. The first-order valence-corrected chi connectivity index (χ1v) is 6.63. The lowest BCUT2D eigenvalue weighted by Crippen LogP contribution is -2.42. The topological polar surface area (TPSA) is 41.6 Å². The minimum Gasteiger partial charge on any atom is -0.381 e. The molecule has 0 aromatic heterocycles. The van der Waals surface area contributed by atoms with E-state index in [-0.39, 0.29) is 23.9 Å². The van der Waals surface area contributed by atoms with Crippen LogP contribution in [0.15, 0.2) is 24.3 Å². The van der Waals surface area contributed by atoms with Crippen molar-refractivity contribution in [2.75, 3.05) is 19.8 Å². The summed E-state index contributed by atoms with van der Waals surface area (Å²) in [7, 11) is 0. The molecule has 1 unspecified atom stereocenters. The molecule has 0 radical (unpaired) electrons. The third-order valence-electron chi connectivity index (χ3n) is 3.78. The van der Waals surface area contributed by atoms with Gasteiger partial charge in [0.2, 0.25) is 5.91 Å². The van der Waals surface area contributed by atoms with Crippen molar-refractivity contribution < 1.29 is 13.9 Å². The molecule has 0 saturated carbocycles. The lowest BCUT2D eigenvalue weighted by Gasteiger charge is -2.35. The van der Waals surface area contributed by atoms with Gasteiger partial charge in [-0.15, -0.1) is 0 Å². The lowest BCUT2D eigenvalue weighted by molar-refractivity contribution is -0.132. The van der Waals surface area contributed by atoms with Crippen LogP contribution in [0.5, 0.6) is 0 Å². The van der Waals surface area contributed by atoms with Gasteiger partial charge in [0.05, 0.1) is 6.54 Å². The number of hydrogen-bond donors (Lipinski definition) is 1. The van der Waals surface area contributed by atoms with E-state index < -0.39 is 0 Å². The predicted octanol–water partition coefficient (Wildman–Crippen LogP) is 1.44.